The molecule has 0 bridgehead atoms. The molecule has 1 aromatic heterocycles. The average Bonchev–Trinajstić information content (AvgIpc) is 3.17. The molecule has 2 heterocycles. The van der Waals surface area contributed by atoms with E-state index in [-0.39, 0.29) is 0 Å². The van der Waals surface area contributed by atoms with Crippen molar-refractivity contribution in [2.24, 2.45) is 0 Å². The van der Waals surface area contributed by atoms with E-state index in [1.165, 1.54) is 17.4 Å². The molecule has 0 atom stereocenters. The number of hydrogen-bond acceptors (Lipinski definition) is 5. The first-order valence-electron chi connectivity index (χ1n) is 9.74. The summed E-state index contributed by atoms with van der Waals surface area (Å²) in [6.45, 7) is 5.05. The van der Waals surface area contributed by atoms with Crippen LogP contribution in [0, 0.1) is 25.5 Å². The van der Waals surface area contributed by atoms with Gasteiger partial charge in [0.05, 0.1) is 10.9 Å². The van der Waals surface area contributed by atoms with Gasteiger partial charge in [-0.2, -0.15) is 0 Å². The molecule has 0 unspecified atom stereocenters. The largest absolute Gasteiger partial charge is 0.348 e. The van der Waals surface area contributed by atoms with Crippen molar-refractivity contribution in [1.29, 1.82) is 0 Å². The molecule has 8 heteroatoms. The highest BCUT2D eigenvalue weighted by Crippen LogP contribution is 2.34. The first kappa shape index (κ1) is 20.9. The zero-order valence-corrected chi connectivity index (χ0v) is 18.4. The fourth-order valence-electron chi connectivity index (χ4n) is 4.02. The normalized spacial score (nSPS) is 15.5. The van der Waals surface area contributed by atoms with Gasteiger partial charge in [0.15, 0.2) is 15.0 Å². The third-order valence-electron chi connectivity index (χ3n) is 5.58. The molecule has 158 valence electrons. The van der Waals surface area contributed by atoms with Crippen molar-refractivity contribution in [1.82, 2.24) is 4.98 Å². The van der Waals surface area contributed by atoms with E-state index in [1.54, 1.807) is 0 Å². The van der Waals surface area contributed by atoms with Gasteiger partial charge in [-0.25, -0.2) is 22.2 Å². The van der Waals surface area contributed by atoms with Gasteiger partial charge >= 0.3 is 0 Å². The molecule has 0 radical (unpaired) electrons. The first-order valence-corrected chi connectivity index (χ1v) is 12.2. The van der Waals surface area contributed by atoms with Crippen LogP contribution < -0.4 is 4.90 Å². The SMILES string of the molecule is Cc1cccc(C)c1-c1csc(N2CCC(S(=O)(=O)c3c(F)cccc3F)CC2)n1. The smallest absolute Gasteiger partial charge is 0.187 e. The maximum absolute atomic E-state index is 14.0. The zero-order valence-electron chi connectivity index (χ0n) is 16.7. The Morgan fingerprint density at radius 1 is 1.00 bits per heavy atom. The quantitative estimate of drug-likeness (QED) is 0.554. The van der Waals surface area contributed by atoms with Crippen molar-refractivity contribution in [3.63, 3.8) is 0 Å². The number of piperidine rings is 1. The number of anilines is 1. The molecule has 1 fully saturated rings. The van der Waals surface area contributed by atoms with E-state index in [9.17, 15) is 17.2 Å². The van der Waals surface area contributed by atoms with E-state index in [0.29, 0.717) is 25.9 Å². The van der Waals surface area contributed by atoms with Crippen LogP contribution in [0.3, 0.4) is 0 Å². The molecule has 0 saturated carbocycles. The minimum atomic E-state index is -4.07. The topological polar surface area (TPSA) is 50.3 Å². The molecule has 2 aromatic carbocycles. The fraction of sp³-hybridized carbons (Fsp3) is 0.318. The van der Waals surface area contributed by atoms with Gasteiger partial charge in [-0.3, -0.25) is 0 Å². The van der Waals surface area contributed by atoms with Gasteiger partial charge in [0.2, 0.25) is 0 Å². The summed E-state index contributed by atoms with van der Waals surface area (Å²) in [7, 11) is -4.07. The van der Waals surface area contributed by atoms with Gasteiger partial charge in [-0.1, -0.05) is 24.3 Å². The Balaban J connectivity index is 1.51. The van der Waals surface area contributed by atoms with Crippen LogP contribution in [0.2, 0.25) is 0 Å². The fourth-order valence-corrected chi connectivity index (χ4v) is 6.74. The predicted octanol–water partition coefficient (Wildman–Crippen LogP) is 5.15. The molecule has 0 spiro atoms. The number of sulfone groups is 1. The van der Waals surface area contributed by atoms with E-state index in [0.717, 1.165) is 39.6 Å². The lowest BCUT2D eigenvalue weighted by molar-refractivity contribution is 0.497. The van der Waals surface area contributed by atoms with Gasteiger partial charge in [0.25, 0.3) is 0 Å². The Hall–Kier alpha value is -2.32. The second kappa shape index (κ2) is 8.07. The summed E-state index contributed by atoms with van der Waals surface area (Å²) in [5.41, 5.74) is 4.34. The van der Waals surface area contributed by atoms with Crippen molar-refractivity contribution >= 4 is 26.3 Å². The molecule has 3 aromatic rings. The Labute approximate surface area is 179 Å². The molecule has 0 amide bonds. The Kier molecular flexibility index (Phi) is 5.63. The number of hydrogen-bond donors (Lipinski definition) is 0. The third-order valence-corrected chi connectivity index (χ3v) is 8.79. The number of aromatic nitrogens is 1. The summed E-state index contributed by atoms with van der Waals surface area (Å²) in [5.74, 6) is -2.06. The molecule has 1 saturated heterocycles. The van der Waals surface area contributed by atoms with Gasteiger partial charge in [-0.15, -0.1) is 11.3 Å². The maximum atomic E-state index is 14.0. The van der Waals surface area contributed by atoms with Crippen molar-refractivity contribution < 1.29 is 17.2 Å². The molecule has 0 N–H and O–H groups in total. The van der Waals surface area contributed by atoms with Crippen molar-refractivity contribution in [3.05, 3.63) is 64.5 Å². The monoisotopic (exact) mass is 448 g/mol. The number of rotatable bonds is 4. The zero-order chi connectivity index (χ0) is 21.5. The Morgan fingerprint density at radius 3 is 2.17 bits per heavy atom. The maximum Gasteiger partial charge on any atom is 0.187 e. The second-order valence-electron chi connectivity index (χ2n) is 7.56. The summed E-state index contributed by atoms with van der Waals surface area (Å²) in [5, 5.41) is 2.04. The van der Waals surface area contributed by atoms with Crippen LogP contribution in [0.1, 0.15) is 24.0 Å². The molecule has 0 aliphatic carbocycles. The van der Waals surface area contributed by atoms with Crippen molar-refractivity contribution in [2.75, 3.05) is 18.0 Å². The summed E-state index contributed by atoms with van der Waals surface area (Å²) in [6.07, 6.45) is 0.600. The lowest BCUT2D eigenvalue weighted by Crippen LogP contribution is -2.39. The molecule has 4 nitrogen and oxygen atoms in total. The third kappa shape index (κ3) is 3.74. The van der Waals surface area contributed by atoms with Gasteiger partial charge < -0.3 is 4.90 Å². The van der Waals surface area contributed by atoms with Crippen LogP contribution >= 0.6 is 11.3 Å². The van der Waals surface area contributed by atoms with Crippen LogP contribution in [-0.4, -0.2) is 31.7 Å². The van der Waals surface area contributed by atoms with Crippen molar-refractivity contribution in [3.8, 4) is 11.3 Å². The number of nitrogens with zero attached hydrogens (tertiary/aromatic N) is 2. The number of thiazole rings is 1. The molecule has 1 aliphatic heterocycles. The van der Waals surface area contributed by atoms with Crippen LogP contribution in [0.25, 0.3) is 11.3 Å². The Bertz CT molecular complexity index is 1140. The van der Waals surface area contributed by atoms with Crippen LogP contribution in [0.15, 0.2) is 46.7 Å². The van der Waals surface area contributed by atoms with E-state index in [2.05, 4.69) is 26.0 Å². The average molecular weight is 449 g/mol. The molecule has 4 rings (SSSR count). The second-order valence-corrected chi connectivity index (χ2v) is 10.6. The summed E-state index contributed by atoms with van der Waals surface area (Å²) in [6, 6.07) is 9.26. The minimum absolute atomic E-state index is 0.300. The molecule has 30 heavy (non-hydrogen) atoms. The highest BCUT2D eigenvalue weighted by atomic mass is 32.2. The predicted molar refractivity (Wildman–Crippen MR) is 116 cm³/mol. The van der Waals surface area contributed by atoms with Crippen molar-refractivity contribution in [2.45, 2.75) is 36.8 Å². The number of halogens is 2. The number of benzene rings is 2. The summed E-state index contributed by atoms with van der Waals surface area (Å²) >= 11 is 1.52. The molecule has 1 aliphatic rings. The highest BCUT2D eigenvalue weighted by molar-refractivity contribution is 7.92. The summed E-state index contributed by atoms with van der Waals surface area (Å²) < 4.78 is 53.7. The molecular formula is C22H22F2N2O2S2. The highest BCUT2D eigenvalue weighted by Gasteiger charge is 2.35. The van der Waals surface area contributed by atoms with Crippen LogP contribution in [0.4, 0.5) is 13.9 Å². The minimum Gasteiger partial charge on any atom is -0.348 e. The Morgan fingerprint density at radius 2 is 1.57 bits per heavy atom. The van der Waals surface area contributed by atoms with E-state index in [1.807, 2.05) is 16.3 Å². The lowest BCUT2D eigenvalue weighted by atomic mass is 10.0. The standard InChI is InChI=1S/C22H22F2N2O2S2/c1-14-5-3-6-15(2)20(14)19-13-29-22(25-19)26-11-9-16(10-12-26)30(27,28)21-17(23)7-4-8-18(21)24/h3-8,13,16H,9-12H2,1-2H3. The molecular weight excluding hydrogens is 426 g/mol. The van der Waals surface area contributed by atoms with E-state index < -0.39 is 31.6 Å². The van der Waals surface area contributed by atoms with Gasteiger partial charge in [0.1, 0.15) is 16.5 Å². The van der Waals surface area contributed by atoms with Crippen LogP contribution in [0.5, 0.6) is 0 Å². The lowest BCUT2D eigenvalue weighted by Gasteiger charge is -2.31. The van der Waals surface area contributed by atoms with Gasteiger partial charge in [-0.05, 0) is 49.9 Å². The van der Waals surface area contributed by atoms with Gasteiger partial charge in [0, 0.05) is 24.0 Å². The van der Waals surface area contributed by atoms with E-state index in [4.69, 9.17) is 4.98 Å². The van der Waals surface area contributed by atoms with Crippen LogP contribution in [-0.2, 0) is 9.84 Å². The first-order chi connectivity index (χ1) is 14.3. The summed E-state index contributed by atoms with van der Waals surface area (Å²) in [4.78, 5) is 6.01. The number of aryl methyl sites for hydroxylation is 2. The van der Waals surface area contributed by atoms with E-state index >= 15 is 0 Å².